The van der Waals surface area contributed by atoms with E-state index in [1.54, 1.807) is 25.1 Å². The van der Waals surface area contributed by atoms with E-state index >= 15 is 0 Å². The molecular weight excluding hydrogens is 397 g/mol. The van der Waals surface area contributed by atoms with Crippen LogP contribution >= 0.6 is 0 Å². The number of carbonyl (C=O) groups is 2. The van der Waals surface area contributed by atoms with Gasteiger partial charge in [0.25, 0.3) is 5.91 Å². The van der Waals surface area contributed by atoms with Gasteiger partial charge in [-0.15, -0.1) is 0 Å². The van der Waals surface area contributed by atoms with Crippen LogP contribution in [0.2, 0.25) is 0 Å². The first-order valence-electron chi connectivity index (χ1n) is 10.0. The summed E-state index contributed by atoms with van der Waals surface area (Å²) >= 11 is 0. The van der Waals surface area contributed by atoms with Crippen LogP contribution in [0.4, 0.5) is 4.39 Å². The lowest BCUT2D eigenvalue weighted by molar-refractivity contribution is -0.144. The number of halogens is 1. The minimum atomic E-state index is -0.534. The van der Waals surface area contributed by atoms with Crippen molar-refractivity contribution in [3.8, 4) is 5.75 Å². The molecule has 3 aromatic rings. The molecule has 5 nitrogen and oxygen atoms in total. The lowest BCUT2D eigenvalue weighted by Gasteiger charge is -2.16. The van der Waals surface area contributed by atoms with Crippen molar-refractivity contribution in [1.29, 1.82) is 0 Å². The van der Waals surface area contributed by atoms with E-state index in [-0.39, 0.29) is 25.1 Å². The van der Waals surface area contributed by atoms with Gasteiger partial charge in [-0.2, -0.15) is 0 Å². The standard InChI is InChI=1S/C25H24FNO4/c1-18(31-23-10-6-3-7-11-23)20-14-21(16-22(26)15-20)25(29)27-13-12-24(28)30-17-19-8-4-2-5-9-19/h2-11,14-16,18H,12-13,17H2,1H3,(H,27,29). The predicted octanol–water partition coefficient (Wildman–Crippen LogP) is 4.83. The predicted molar refractivity (Wildman–Crippen MR) is 115 cm³/mol. The molecule has 0 radical (unpaired) electrons. The Kier molecular flexibility index (Phi) is 7.76. The summed E-state index contributed by atoms with van der Waals surface area (Å²) in [6.45, 7) is 2.06. The molecule has 6 heteroatoms. The Bertz CT molecular complexity index is 1010. The van der Waals surface area contributed by atoms with Crippen molar-refractivity contribution in [2.24, 2.45) is 0 Å². The van der Waals surface area contributed by atoms with E-state index in [2.05, 4.69) is 5.32 Å². The van der Waals surface area contributed by atoms with Crippen LogP contribution in [0.1, 0.15) is 40.9 Å². The Balaban J connectivity index is 1.51. The van der Waals surface area contributed by atoms with Gasteiger partial charge in [-0.1, -0.05) is 48.5 Å². The lowest BCUT2D eigenvalue weighted by atomic mass is 10.1. The van der Waals surface area contributed by atoms with Crippen molar-refractivity contribution < 1.29 is 23.5 Å². The molecule has 0 bridgehead atoms. The number of benzene rings is 3. The Hall–Kier alpha value is -3.67. The molecule has 0 saturated carbocycles. The SMILES string of the molecule is CC(Oc1ccccc1)c1cc(F)cc(C(=O)NCCC(=O)OCc2ccccc2)c1. The molecule has 0 aromatic heterocycles. The summed E-state index contributed by atoms with van der Waals surface area (Å²) in [5, 5.41) is 2.62. The summed E-state index contributed by atoms with van der Waals surface area (Å²) in [5.74, 6) is -0.773. The van der Waals surface area contributed by atoms with Crippen LogP contribution in [0.15, 0.2) is 78.9 Å². The molecule has 1 atom stereocenters. The van der Waals surface area contributed by atoms with Crippen molar-refractivity contribution in [2.45, 2.75) is 26.1 Å². The maximum absolute atomic E-state index is 14.1. The number of para-hydroxylation sites is 1. The van der Waals surface area contributed by atoms with Crippen LogP contribution < -0.4 is 10.1 Å². The van der Waals surface area contributed by atoms with Crippen LogP contribution in [0, 0.1) is 5.82 Å². The van der Waals surface area contributed by atoms with Crippen LogP contribution in [0.25, 0.3) is 0 Å². The van der Waals surface area contributed by atoms with Crippen molar-refractivity contribution in [1.82, 2.24) is 5.32 Å². The van der Waals surface area contributed by atoms with Gasteiger partial charge in [-0.3, -0.25) is 9.59 Å². The van der Waals surface area contributed by atoms with Gasteiger partial charge in [0.1, 0.15) is 24.3 Å². The van der Waals surface area contributed by atoms with Gasteiger partial charge in [0.05, 0.1) is 6.42 Å². The summed E-state index contributed by atoms with van der Waals surface area (Å²) in [6.07, 6.45) is -0.425. The third-order valence-electron chi connectivity index (χ3n) is 4.57. The smallest absolute Gasteiger partial charge is 0.307 e. The lowest BCUT2D eigenvalue weighted by Crippen LogP contribution is -2.27. The highest BCUT2D eigenvalue weighted by Crippen LogP contribution is 2.23. The maximum atomic E-state index is 14.1. The summed E-state index contributed by atoms with van der Waals surface area (Å²) < 4.78 is 25.1. The van der Waals surface area contributed by atoms with E-state index in [1.807, 2.05) is 48.5 Å². The molecule has 0 heterocycles. The maximum Gasteiger partial charge on any atom is 0.307 e. The average molecular weight is 421 g/mol. The number of hydrogen-bond acceptors (Lipinski definition) is 4. The first kappa shape index (κ1) is 22.0. The van der Waals surface area contributed by atoms with Crippen molar-refractivity contribution in [2.75, 3.05) is 6.54 Å². The average Bonchev–Trinajstić information content (AvgIpc) is 2.78. The minimum absolute atomic E-state index is 0.0221. The number of hydrogen-bond donors (Lipinski definition) is 1. The first-order chi connectivity index (χ1) is 15.0. The van der Waals surface area contributed by atoms with Gasteiger partial charge in [0.2, 0.25) is 0 Å². The monoisotopic (exact) mass is 421 g/mol. The Morgan fingerprint density at radius 2 is 1.65 bits per heavy atom. The van der Waals surface area contributed by atoms with Gasteiger partial charge >= 0.3 is 5.97 Å². The first-order valence-corrected chi connectivity index (χ1v) is 10.0. The zero-order chi connectivity index (χ0) is 22.1. The quantitative estimate of drug-likeness (QED) is 0.503. The Morgan fingerprint density at radius 3 is 2.35 bits per heavy atom. The second kappa shape index (κ2) is 10.9. The van der Waals surface area contributed by atoms with E-state index in [0.717, 1.165) is 11.6 Å². The number of amides is 1. The highest BCUT2D eigenvalue weighted by Gasteiger charge is 2.14. The van der Waals surface area contributed by atoms with Gasteiger partial charge in [-0.25, -0.2) is 4.39 Å². The van der Waals surface area contributed by atoms with Gasteiger partial charge in [0, 0.05) is 12.1 Å². The number of ether oxygens (including phenoxy) is 2. The van der Waals surface area contributed by atoms with Gasteiger partial charge in [-0.05, 0) is 48.4 Å². The third-order valence-corrected chi connectivity index (χ3v) is 4.57. The van der Waals surface area contributed by atoms with E-state index in [9.17, 15) is 14.0 Å². The summed E-state index contributed by atoms with van der Waals surface area (Å²) in [5.41, 5.74) is 1.59. The van der Waals surface area contributed by atoms with Crippen molar-refractivity contribution in [3.63, 3.8) is 0 Å². The van der Waals surface area contributed by atoms with Crippen LogP contribution in [0.3, 0.4) is 0 Å². The van der Waals surface area contributed by atoms with Gasteiger partial charge < -0.3 is 14.8 Å². The largest absolute Gasteiger partial charge is 0.486 e. The van der Waals surface area contributed by atoms with Crippen LogP contribution in [-0.2, 0) is 16.1 Å². The molecule has 160 valence electrons. The minimum Gasteiger partial charge on any atom is -0.486 e. The van der Waals surface area contributed by atoms with Crippen LogP contribution in [0.5, 0.6) is 5.75 Å². The Labute approximate surface area is 180 Å². The fourth-order valence-electron chi connectivity index (χ4n) is 2.94. The normalized spacial score (nSPS) is 11.4. The molecule has 1 N–H and O–H groups in total. The summed E-state index contributed by atoms with van der Waals surface area (Å²) in [7, 11) is 0. The zero-order valence-corrected chi connectivity index (χ0v) is 17.2. The second-order valence-corrected chi connectivity index (χ2v) is 7.00. The van der Waals surface area contributed by atoms with Crippen molar-refractivity contribution >= 4 is 11.9 Å². The summed E-state index contributed by atoms with van der Waals surface area (Å²) in [6, 6.07) is 22.6. The molecule has 0 aliphatic carbocycles. The van der Waals surface area contributed by atoms with E-state index in [1.165, 1.54) is 6.07 Å². The molecule has 3 rings (SSSR count). The molecule has 0 spiro atoms. The number of esters is 1. The third kappa shape index (κ3) is 6.96. The molecule has 3 aromatic carbocycles. The van der Waals surface area contributed by atoms with E-state index in [0.29, 0.717) is 11.3 Å². The van der Waals surface area contributed by atoms with Gasteiger partial charge in [0.15, 0.2) is 0 Å². The highest BCUT2D eigenvalue weighted by atomic mass is 19.1. The molecule has 0 aliphatic rings. The highest BCUT2D eigenvalue weighted by molar-refractivity contribution is 5.94. The molecule has 0 aliphatic heterocycles. The molecule has 31 heavy (non-hydrogen) atoms. The zero-order valence-electron chi connectivity index (χ0n) is 17.2. The second-order valence-electron chi connectivity index (χ2n) is 7.00. The fourth-order valence-corrected chi connectivity index (χ4v) is 2.94. The molecule has 0 fully saturated rings. The summed E-state index contributed by atoms with van der Waals surface area (Å²) in [4.78, 5) is 24.3. The number of rotatable bonds is 9. The number of nitrogens with one attached hydrogen (secondary N) is 1. The van der Waals surface area contributed by atoms with Crippen molar-refractivity contribution in [3.05, 3.63) is 101 Å². The molecular formula is C25H24FNO4. The molecule has 0 saturated heterocycles. The topological polar surface area (TPSA) is 64.6 Å². The molecule has 1 unspecified atom stereocenters. The Morgan fingerprint density at radius 1 is 0.968 bits per heavy atom. The van der Waals surface area contributed by atoms with Crippen LogP contribution in [-0.4, -0.2) is 18.4 Å². The van der Waals surface area contributed by atoms with E-state index in [4.69, 9.17) is 9.47 Å². The number of carbonyl (C=O) groups excluding carboxylic acids is 2. The fraction of sp³-hybridized carbons (Fsp3) is 0.200. The van der Waals surface area contributed by atoms with E-state index < -0.39 is 23.8 Å². The molecule has 1 amide bonds.